The Morgan fingerprint density at radius 2 is 1.83 bits per heavy atom. The summed E-state index contributed by atoms with van der Waals surface area (Å²) in [5.41, 5.74) is 0.470. The number of hydrogen-bond donors (Lipinski definition) is 1. The van der Waals surface area contributed by atoms with E-state index in [-0.39, 0.29) is 10.3 Å². The predicted molar refractivity (Wildman–Crippen MR) is 74.8 cm³/mol. The fraction of sp³-hybridized carbons (Fsp3) is 0.571. The first-order valence-corrected chi connectivity index (χ1v) is 7.28. The quantitative estimate of drug-likeness (QED) is 0.551. The van der Waals surface area contributed by atoms with Gasteiger partial charge in [0.25, 0.3) is 0 Å². The molecule has 0 amide bonds. The van der Waals surface area contributed by atoms with Crippen molar-refractivity contribution in [1.82, 2.24) is 5.32 Å². The predicted octanol–water partition coefficient (Wildman–Crippen LogP) is 4.44. The Morgan fingerprint density at radius 1 is 1.06 bits per heavy atom. The maximum absolute atomic E-state index is 13.5. The molecule has 1 N–H and O–H groups in total. The van der Waals surface area contributed by atoms with Crippen molar-refractivity contribution in [3.8, 4) is 0 Å². The van der Waals surface area contributed by atoms with Crippen molar-refractivity contribution >= 4 is 15.9 Å². The van der Waals surface area contributed by atoms with Crippen LogP contribution in [0.3, 0.4) is 0 Å². The topological polar surface area (TPSA) is 12.0 Å². The fourth-order valence-electron chi connectivity index (χ4n) is 1.80. The molecule has 0 radical (unpaired) electrons. The van der Waals surface area contributed by atoms with Crippen molar-refractivity contribution in [2.24, 2.45) is 0 Å². The fourth-order valence-corrected chi connectivity index (χ4v) is 2.11. The largest absolute Gasteiger partial charge is 0.317 e. The lowest BCUT2D eigenvalue weighted by Gasteiger charge is -2.06. The van der Waals surface area contributed by atoms with Gasteiger partial charge in [-0.05, 0) is 72.4 Å². The van der Waals surface area contributed by atoms with Crippen molar-refractivity contribution in [1.29, 1.82) is 0 Å². The van der Waals surface area contributed by atoms with Gasteiger partial charge < -0.3 is 5.32 Å². The number of halogens is 3. The van der Waals surface area contributed by atoms with Gasteiger partial charge in [-0.1, -0.05) is 13.3 Å². The van der Waals surface area contributed by atoms with Gasteiger partial charge >= 0.3 is 0 Å². The molecule has 0 aliphatic rings. The van der Waals surface area contributed by atoms with Crippen molar-refractivity contribution in [2.75, 3.05) is 13.1 Å². The van der Waals surface area contributed by atoms with Crippen LogP contribution in [-0.2, 0) is 6.42 Å². The molecule has 0 aliphatic carbocycles. The van der Waals surface area contributed by atoms with Crippen LogP contribution in [0.15, 0.2) is 16.6 Å². The van der Waals surface area contributed by atoms with Gasteiger partial charge in [-0.15, -0.1) is 0 Å². The Morgan fingerprint density at radius 3 is 2.56 bits per heavy atom. The van der Waals surface area contributed by atoms with Crippen LogP contribution in [-0.4, -0.2) is 13.1 Å². The van der Waals surface area contributed by atoms with Crippen molar-refractivity contribution in [3.05, 3.63) is 33.8 Å². The lowest BCUT2D eigenvalue weighted by molar-refractivity contribution is 0.563. The molecule has 0 saturated heterocycles. The zero-order valence-electron chi connectivity index (χ0n) is 10.7. The highest BCUT2D eigenvalue weighted by molar-refractivity contribution is 9.10. The summed E-state index contributed by atoms with van der Waals surface area (Å²) in [6, 6.07) is 2.49. The smallest absolute Gasteiger partial charge is 0.137 e. The van der Waals surface area contributed by atoms with Crippen LogP contribution in [0.4, 0.5) is 8.78 Å². The van der Waals surface area contributed by atoms with Crippen LogP contribution in [0, 0.1) is 11.6 Å². The molecule has 1 aromatic rings. The third kappa shape index (κ3) is 5.44. The molecule has 0 saturated carbocycles. The summed E-state index contributed by atoms with van der Waals surface area (Å²) in [5, 5.41) is 3.32. The molecule has 0 fully saturated rings. The molecule has 102 valence electrons. The van der Waals surface area contributed by atoms with Gasteiger partial charge in [0, 0.05) is 0 Å². The lowest BCUT2D eigenvalue weighted by atomic mass is 10.1. The molecule has 1 nitrogen and oxygen atoms in total. The molecule has 1 rings (SSSR count). The van der Waals surface area contributed by atoms with Gasteiger partial charge in [0.05, 0.1) is 4.47 Å². The third-order valence-corrected chi connectivity index (χ3v) is 3.42. The molecule has 0 aliphatic heterocycles. The van der Waals surface area contributed by atoms with Crippen LogP contribution >= 0.6 is 15.9 Å². The van der Waals surface area contributed by atoms with Crippen LogP contribution in [0.25, 0.3) is 0 Å². The minimum Gasteiger partial charge on any atom is -0.317 e. The van der Waals surface area contributed by atoms with Crippen LogP contribution in [0.1, 0.15) is 38.2 Å². The highest BCUT2D eigenvalue weighted by atomic mass is 79.9. The summed E-state index contributed by atoms with van der Waals surface area (Å²) in [6.07, 6.45) is 4.76. The number of nitrogens with one attached hydrogen (secondary N) is 1. The zero-order chi connectivity index (χ0) is 13.4. The first-order chi connectivity index (χ1) is 8.65. The average molecular weight is 320 g/mol. The Kier molecular flexibility index (Phi) is 7.44. The number of aryl methyl sites for hydroxylation is 1. The minimum atomic E-state index is -0.393. The van der Waals surface area contributed by atoms with Crippen molar-refractivity contribution < 1.29 is 8.78 Å². The second kappa shape index (κ2) is 8.59. The van der Waals surface area contributed by atoms with Crippen molar-refractivity contribution in [3.63, 3.8) is 0 Å². The maximum Gasteiger partial charge on any atom is 0.137 e. The van der Waals surface area contributed by atoms with E-state index in [2.05, 4.69) is 28.2 Å². The molecular formula is C14H20BrF2N. The van der Waals surface area contributed by atoms with Gasteiger partial charge in [0.1, 0.15) is 11.6 Å². The standard InChI is InChI=1S/C14H20BrF2N/c1-2-7-18-8-5-3-4-6-11-9-14(17)12(15)10-13(11)16/h9-10,18H,2-8H2,1H3. The molecule has 18 heavy (non-hydrogen) atoms. The van der Waals surface area contributed by atoms with Crippen LogP contribution in [0.5, 0.6) is 0 Å². The molecule has 1 aromatic carbocycles. The van der Waals surface area contributed by atoms with Gasteiger partial charge in [-0.3, -0.25) is 0 Å². The molecule has 4 heteroatoms. The van der Waals surface area contributed by atoms with E-state index < -0.39 is 5.82 Å². The van der Waals surface area contributed by atoms with E-state index in [1.807, 2.05) is 0 Å². The molecule has 0 spiro atoms. The summed E-state index contributed by atoms with van der Waals surface area (Å²) in [5.74, 6) is -0.719. The molecule has 0 unspecified atom stereocenters. The highest BCUT2D eigenvalue weighted by Crippen LogP contribution is 2.21. The van der Waals surface area contributed by atoms with E-state index >= 15 is 0 Å². The van der Waals surface area contributed by atoms with E-state index in [1.54, 1.807) is 0 Å². The highest BCUT2D eigenvalue weighted by Gasteiger charge is 2.07. The van der Waals surface area contributed by atoms with E-state index in [0.717, 1.165) is 38.8 Å². The zero-order valence-corrected chi connectivity index (χ0v) is 12.3. The normalized spacial score (nSPS) is 10.9. The Hall–Kier alpha value is -0.480. The molecular weight excluding hydrogens is 300 g/mol. The van der Waals surface area contributed by atoms with Gasteiger partial charge in [-0.2, -0.15) is 0 Å². The lowest BCUT2D eigenvalue weighted by Crippen LogP contribution is -2.15. The van der Waals surface area contributed by atoms with E-state index in [1.165, 1.54) is 12.1 Å². The summed E-state index contributed by atoms with van der Waals surface area (Å²) in [7, 11) is 0. The Labute approximate surface area is 116 Å². The number of unbranched alkanes of at least 4 members (excludes halogenated alkanes) is 2. The van der Waals surface area contributed by atoms with Crippen molar-refractivity contribution in [2.45, 2.75) is 39.0 Å². The first-order valence-electron chi connectivity index (χ1n) is 6.49. The Balaban J connectivity index is 2.25. The monoisotopic (exact) mass is 319 g/mol. The summed E-state index contributed by atoms with van der Waals surface area (Å²) in [6.45, 7) is 4.19. The van der Waals surface area contributed by atoms with Crippen LogP contribution in [0.2, 0.25) is 0 Å². The second-order valence-corrected chi connectivity index (χ2v) is 5.27. The second-order valence-electron chi connectivity index (χ2n) is 4.42. The molecule has 0 atom stereocenters. The summed E-state index contributed by atoms with van der Waals surface area (Å²) >= 11 is 2.97. The van der Waals surface area contributed by atoms with Gasteiger partial charge in [0.2, 0.25) is 0 Å². The number of rotatable bonds is 8. The minimum absolute atomic E-state index is 0.188. The molecule has 0 heterocycles. The maximum atomic E-state index is 13.5. The number of hydrogen-bond acceptors (Lipinski definition) is 1. The summed E-state index contributed by atoms with van der Waals surface area (Å²) < 4.78 is 26.9. The molecule has 0 bridgehead atoms. The average Bonchev–Trinajstić information content (AvgIpc) is 2.34. The van der Waals surface area contributed by atoms with Gasteiger partial charge in [0.15, 0.2) is 0 Å². The number of benzene rings is 1. The van der Waals surface area contributed by atoms with E-state index in [9.17, 15) is 8.78 Å². The molecule has 0 aromatic heterocycles. The first kappa shape index (κ1) is 15.6. The Bertz CT molecular complexity index is 369. The van der Waals surface area contributed by atoms with E-state index in [0.29, 0.717) is 12.0 Å². The van der Waals surface area contributed by atoms with Gasteiger partial charge in [-0.25, -0.2) is 8.78 Å². The third-order valence-electron chi connectivity index (χ3n) is 2.82. The summed E-state index contributed by atoms with van der Waals surface area (Å²) in [4.78, 5) is 0. The van der Waals surface area contributed by atoms with E-state index in [4.69, 9.17) is 0 Å². The SMILES string of the molecule is CCCNCCCCCc1cc(F)c(Br)cc1F. The van der Waals surface area contributed by atoms with Crippen LogP contribution < -0.4 is 5.32 Å².